The van der Waals surface area contributed by atoms with Crippen molar-refractivity contribution < 1.29 is 19.4 Å². The molecular weight excluding hydrogens is 412 g/mol. The monoisotopic (exact) mass is 446 g/mol. The van der Waals surface area contributed by atoms with Crippen LogP contribution in [0.25, 0.3) is 0 Å². The summed E-state index contributed by atoms with van der Waals surface area (Å²) in [5, 5.41) is 9.22. The zero-order valence-corrected chi connectivity index (χ0v) is 19.7. The van der Waals surface area contributed by atoms with Gasteiger partial charge in [0.1, 0.15) is 0 Å². The number of rotatable bonds is 9. The quantitative estimate of drug-likeness (QED) is 0.284. The molecule has 0 heterocycles. The lowest BCUT2D eigenvalue weighted by Gasteiger charge is -2.14. The minimum absolute atomic E-state index is 0.0951. The van der Waals surface area contributed by atoms with Crippen LogP contribution in [0.2, 0.25) is 0 Å². The predicted octanol–water partition coefficient (Wildman–Crippen LogP) is 7.01. The van der Waals surface area contributed by atoms with Gasteiger partial charge in [0, 0.05) is 0 Å². The lowest BCUT2D eigenvalue weighted by atomic mass is 9.92. The first kappa shape index (κ1) is 25.9. The van der Waals surface area contributed by atoms with Gasteiger partial charge in [-0.05, 0) is 60.4 Å². The third-order valence-electron chi connectivity index (χ3n) is 5.23. The summed E-state index contributed by atoms with van der Waals surface area (Å²) in [4.78, 5) is 23.0. The second kappa shape index (κ2) is 13.9. The fraction of sp³-hybridized carbons (Fsp3) is 0.310. The molecule has 4 heteroatoms. The fourth-order valence-corrected chi connectivity index (χ4v) is 3.57. The molecule has 0 fully saturated rings. The molecule has 0 radical (unpaired) electrons. The van der Waals surface area contributed by atoms with E-state index in [1.807, 2.05) is 25.1 Å². The van der Waals surface area contributed by atoms with Gasteiger partial charge < -0.3 is 9.84 Å². The highest BCUT2D eigenvalue weighted by Crippen LogP contribution is 2.24. The van der Waals surface area contributed by atoms with Gasteiger partial charge in [0.05, 0.1) is 17.7 Å². The Labute approximate surface area is 197 Å². The van der Waals surface area contributed by atoms with Crippen LogP contribution in [0.3, 0.4) is 0 Å². The van der Waals surface area contributed by atoms with Crippen LogP contribution in [0, 0.1) is 5.92 Å². The number of carboxylic acids is 1. The summed E-state index contributed by atoms with van der Waals surface area (Å²) in [6.07, 6.45) is 2.64. The average molecular weight is 447 g/mol. The Morgan fingerprint density at radius 2 is 1.39 bits per heavy atom. The number of ether oxygens (including phenoxy) is 1. The summed E-state index contributed by atoms with van der Waals surface area (Å²) >= 11 is 0. The summed E-state index contributed by atoms with van der Waals surface area (Å²) in [5.41, 5.74) is 3.13. The summed E-state index contributed by atoms with van der Waals surface area (Å²) in [7, 11) is 0. The molecule has 1 N–H and O–H groups in total. The number of esters is 1. The van der Waals surface area contributed by atoms with Gasteiger partial charge >= 0.3 is 11.9 Å². The third kappa shape index (κ3) is 9.32. The molecule has 33 heavy (non-hydrogen) atoms. The van der Waals surface area contributed by atoms with Crippen molar-refractivity contribution in [1.29, 1.82) is 0 Å². The minimum atomic E-state index is -0.914. The number of carboxylic acid groups (broad SMARTS) is 1. The minimum Gasteiger partial charge on any atom is -0.478 e. The standard InChI is InChI=1S/C19H20O4.C10H14/c1-14(16-11-5-6-12-17(16)18(20)21)8-7-13-23-19(22)15-9-3-2-4-10-15;1-9(2)8-10-6-4-3-5-7-10/h2-6,9-12,14H,7-8,13H2,1H3,(H,20,21);3-7,9H,8H2,1-2H3. The fourth-order valence-electron chi connectivity index (χ4n) is 3.57. The summed E-state index contributed by atoms with van der Waals surface area (Å²) in [6.45, 7) is 6.80. The van der Waals surface area contributed by atoms with E-state index in [4.69, 9.17) is 4.74 Å². The number of hydrogen-bond acceptors (Lipinski definition) is 3. The number of benzene rings is 3. The van der Waals surface area contributed by atoms with E-state index >= 15 is 0 Å². The Morgan fingerprint density at radius 1 is 0.818 bits per heavy atom. The maximum atomic E-state index is 11.8. The molecule has 0 aliphatic carbocycles. The predicted molar refractivity (Wildman–Crippen MR) is 133 cm³/mol. The molecule has 3 aromatic carbocycles. The molecule has 0 spiro atoms. The van der Waals surface area contributed by atoms with Gasteiger partial charge in [0.15, 0.2) is 0 Å². The van der Waals surface area contributed by atoms with Crippen molar-refractivity contribution in [3.8, 4) is 0 Å². The normalized spacial score (nSPS) is 11.3. The van der Waals surface area contributed by atoms with Crippen molar-refractivity contribution in [3.05, 3.63) is 107 Å². The first-order valence-corrected chi connectivity index (χ1v) is 11.5. The lowest BCUT2D eigenvalue weighted by Crippen LogP contribution is -2.08. The van der Waals surface area contributed by atoms with Crippen LogP contribution in [0.1, 0.15) is 71.4 Å². The van der Waals surface area contributed by atoms with E-state index in [2.05, 4.69) is 44.2 Å². The Hall–Kier alpha value is -3.40. The van der Waals surface area contributed by atoms with E-state index in [1.54, 1.807) is 36.4 Å². The topological polar surface area (TPSA) is 63.6 Å². The van der Waals surface area contributed by atoms with Crippen molar-refractivity contribution >= 4 is 11.9 Å². The first-order chi connectivity index (χ1) is 15.9. The SMILES string of the molecule is CC(C)Cc1ccccc1.CC(CCCOC(=O)c1ccccc1)c1ccccc1C(=O)O. The van der Waals surface area contributed by atoms with Gasteiger partial charge in [0.2, 0.25) is 0 Å². The van der Waals surface area contributed by atoms with Crippen molar-refractivity contribution in [2.24, 2.45) is 5.92 Å². The third-order valence-corrected chi connectivity index (χ3v) is 5.23. The van der Waals surface area contributed by atoms with Crippen LogP contribution in [0.4, 0.5) is 0 Å². The molecule has 0 aromatic heterocycles. The van der Waals surface area contributed by atoms with Crippen LogP contribution in [0.5, 0.6) is 0 Å². The Morgan fingerprint density at radius 3 is 2.00 bits per heavy atom. The second-order valence-corrected chi connectivity index (χ2v) is 8.52. The molecule has 0 saturated carbocycles. The highest BCUT2D eigenvalue weighted by Gasteiger charge is 2.15. The first-order valence-electron chi connectivity index (χ1n) is 11.5. The van der Waals surface area contributed by atoms with Gasteiger partial charge in [-0.1, -0.05) is 87.5 Å². The number of carbonyl (C=O) groups is 2. The van der Waals surface area contributed by atoms with Gasteiger partial charge in [-0.2, -0.15) is 0 Å². The number of hydrogen-bond donors (Lipinski definition) is 1. The van der Waals surface area contributed by atoms with Crippen molar-refractivity contribution in [2.75, 3.05) is 6.61 Å². The van der Waals surface area contributed by atoms with Gasteiger partial charge in [-0.25, -0.2) is 9.59 Å². The molecule has 0 aliphatic rings. The van der Waals surface area contributed by atoms with Crippen LogP contribution in [-0.4, -0.2) is 23.7 Å². The summed E-state index contributed by atoms with van der Waals surface area (Å²) in [5.74, 6) is -0.382. The second-order valence-electron chi connectivity index (χ2n) is 8.52. The summed E-state index contributed by atoms with van der Waals surface area (Å²) in [6, 6.07) is 26.5. The molecule has 0 amide bonds. The van der Waals surface area contributed by atoms with Crippen LogP contribution in [-0.2, 0) is 11.2 Å². The van der Waals surface area contributed by atoms with Crippen molar-refractivity contribution in [1.82, 2.24) is 0 Å². The lowest BCUT2D eigenvalue weighted by molar-refractivity contribution is 0.0496. The van der Waals surface area contributed by atoms with E-state index in [-0.39, 0.29) is 11.9 Å². The van der Waals surface area contributed by atoms with E-state index < -0.39 is 5.97 Å². The summed E-state index contributed by atoms with van der Waals surface area (Å²) < 4.78 is 5.24. The van der Waals surface area contributed by atoms with Crippen LogP contribution < -0.4 is 0 Å². The Kier molecular flexibility index (Phi) is 10.9. The van der Waals surface area contributed by atoms with Gasteiger partial charge in [-0.3, -0.25) is 0 Å². The molecule has 1 atom stereocenters. The molecule has 1 unspecified atom stereocenters. The molecular formula is C29H34O4. The number of aromatic carboxylic acids is 1. The van der Waals surface area contributed by atoms with E-state index in [1.165, 1.54) is 12.0 Å². The maximum Gasteiger partial charge on any atom is 0.338 e. The smallest absolute Gasteiger partial charge is 0.338 e. The largest absolute Gasteiger partial charge is 0.478 e. The molecule has 0 bridgehead atoms. The van der Waals surface area contributed by atoms with E-state index in [0.29, 0.717) is 24.2 Å². The molecule has 3 rings (SSSR count). The molecule has 0 saturated heterocycles. The Balaban J connectivity index is 0.000000321. The van der Waals surface area contributed by atoms with E-state index in [0.717, 1.165) is 17.9 Å². The molecule has 4 nitrogen and oxygen atoms in total. The van der Waals surface area contributed by atoms with E-state index in [9.17, 15) is 14.7 Å². The zero-order chi connectivity index (χ0) is 24.1. The zero-order valence-electron chi connectivity index (χ0n) is 19.7. The van der Waals surface area contributed by atoms with Crippen LogP contribution in [0.15, 0.2) is 84.9 Å². The van der Waals surface area contributed by atoms with Crippen molar-refractivity contribution in [3.63, 3.8) is 0 Å². The van der Waals surface area contributed by atoms with Crippen molar-refractivity contribution in [2.45, 2.75) is 46.0 Å². The van der Waals surface area contributed by atoms with Gasteiger partial charge in [-0.15, -0.1) is 0 Å². The molecule has 0 aliphatic heterocycles. The molecule has 174 valence electrons. The highest BCUT2D eigenvalue weighted by atomic mass is 16.5. The average Bonchev–Trinajstić information content (AvgIpc) is 2.82. The molecule has 3 aromatic rings. The Bertz CT molecular complexity index is 981. The number of carbonyl (C=O) groups excluding carboxylic acids is 1. The highest BCUT2D eigenvalue weighted by molar-refractivity contribution is 5.89. The maximum absolute atomic E-state index is 11.8. The van der Waals surface area contributed by atoms with Crippen LogP contribution >= 0.6 is 0 Å². The van der Waals surface area contributed by atoms with Gasteiger partial charge in [0.25, 0.3) is 0 Å².